The molecule has 0 aromatic rings. The Bertz CT molecular complexity index is 66.5. The van der Waals surface area contributed by atoms with Crippen LogP contribution in [-0.4, -0.2) is 10.6 Å². The Morgan fingerprint density at radius 2 is 1.12 bits per heavy atom. The highest BCUT2D eigenvalue weighted by molar-refractivity contribution is 7.80. The molecule has 0 bridgehead atoms. The maximum Gasteiger partial charge on any atom is 0.126 e. The number of carbonyl (C=O) groups excluding carboxylic acids is 1. The van der Waals surface area contributed by atoms with Crippen LogP contribution in [0.2, 0.25) is 0 Å². The van der Waals surface area contributed by atoms with E-state index < -0.39 is 0 Å². The van der Waals surface area contributed by atoms with E-state index >= 15 is 0 Å². The lowest BCUT2D eigenvalue weighted by molar-refractivity contribution is -0.114. The van der Waals surface area contributed by atoms with Crippen LogP contribution < -0.4 is 0 Å². The molecule has 0 aliphatic carbocycles. The quantitative estimate of drug-likeness (QED) is 0.469. The first kappa shape index (κ1) is 10.7. The lowest BCUT2D eigenvalue weighted by atomic mass is 10.6. The van der Waals surface area contributed by atoms with E-state index in [4.69, 9.17) is 0 Å². The van der Waals surface area contributed by atoms with Crippen molar-refractivity contribution in [2.24, 2.45) is 0 Å². The van der Waals surface area contributed by atoms with E-state index in [1.165, 1.54) is 13.8 Å². The summed E-state index contributed by atoms with van der Waals surface area (Å²) < 4.78 is 0. The summed E-state index contributed by atoms with van der Waals surface area (Å²) in [6.07, 6.45) is 0. The fourth-order valence-electron chi connectivity index (χ4n) is 0. The SMILES string of the molecule is CC(C)=O.CC(C)=S. The van der Waals surface area contributed by atoms with Crippen molar-refractivity contribution < 1.29 is 4.79 Å². The predicted octanol–water partition coefficient (Wildman–Crippen LogP) is 1.99. The molecule has 0 spiro atoms. The van der Waals surface area contributed by atoms with E-state index in [0.29, 0.717) is 0 Å². The summed E-state index contributed by atoms with van der Waals surface area (Å²) in [4.78, 5) is 10.4. The first-order valence-electron chi connectivity index (χ1n) is 2.41. The molecule has 0 aromatic heterocycles. The Labute approximate surface area is 56.1 Å². The van der Waals surface area contributed by atoms with E-state index in [2.05, 4.69) is 12.2 Å². The Hall–Kier alpha value is -0.240. The minimum atomic E-state index is 0.167. The van der Waals surface area contributed by atoms with Gasteiger partial charge in [0.1, 0.15) is 5.78 Å². The molecule has 2 heteroatoms. The smallest absolute Gasteiger partial charge is 0.126 e. The molecule has 0 aromatic carbocycles. The predicted molar refractivity (Wildman–Crippen MR) is 40.3 cm³/mol. The molecule has 1 nitrogen and oxygen atoms in total. The minimum Gasteiger partial charge on any atom is -0.300 e. The van der Waals surface area contributed by atoms with E-state index in [-0.39, 0.29) is 5.78 Å². The van der Waals surface area contributed by atoms with Crippen molar-refractivity contribution in [1.82, 2.24) is 0 Å². The summed E-state index contributed by atoms with van der Waals surface area (Å²) in [7, 11) is 0. The van der Waals surface area contributed by atoms with E-state index in [1.54, 1.807) is 0 Å². The Morgan fingerprint density at radius 3 is 1.12 bits per heavy atom. The monoisotopic (exact) mass is 132 g/mol. The molecule has 0 aliphatic rings. The van der Waals surface area contributed by atoms with Crippen LogP contribution in [-0.2, 0) is 4.79 Å². The van der Waals surface area contributed by atoms with Gasteiger partial charge in [-0.2, -0.15) is 0 Å². The zero-order valence-corrected chi connectivity index (χ0v) is 6.63. The van der Waals surface area contributed by atoms with Gasteiger partial charge in [0.2, 0.25) is 0 Å². The molecule has 0 unspecified atom stereocenters. The zero-order valence-electron chi connectivity index (χ0n) is 5.82. The van der Waals surface area contributed by atoms with Gasteiger partial charge in [0.25, 0.3) is 0 Å². The summed E-state index contributed by atoms with van der Waals surface area (Å²) in [5.74, 6) is 0.167. The Balaban J connectivity index is 0. The molecule has 0 rings (SSSR count). The molecule has 0 heterocycles. The zero-order chi connectivity index (χ0) is 7.15. The van der Waals surface area contributed by atoms with E-state index in [0.717, 1.165) is 4.86 Å². The molecular formula is C6H12OS. The molecule has 0 atom stereocenters. The van der Waals surface area contributed by atoms with Gasteiger partial charge in [-0.1, -0.05) is 12.2 Å². The van der Waals surface area contributed by atoms with Gasteiger partial charge in [-0.25, -0.2) is 0 Å². The van der Waals surface area contributed by atoms with Crippen LogP contribution in [0.5, 0.6) is 0 Å². The molecule has 0 amide bonds. The van der Waals surface area contributed by atoms with Crippen molar-refractivity contribution in [3.05, 3.63) is 0 Å². The normalized spacial score (nSPS) is 6.50. The first-order valence-corrected chi connectivity index (χ1v) is 2.82. The molecule has 0 saturated carbocycles. The van der Waals surface area contributed by atoms with Gasteiger partial charge in [-0.15, -0.1) is 0 Å². The molecule has 8 heavy (non-hydrogen) atoms. The summed E-state index contributed by atoms with van der Waals surface area (Å²) in [5.41, 5.74) is 0. The Kier molecular flexibility index (Phi) is 9.03. The number of carbonyl (C=O) groups is 1. The molecule has 0 fully saturated rings. The maximum atomic E-state index is 9.44. The lowest BCUT2D eigenvalue weighted by Gasteiger charge is -1.61. The molecule has 0 saturated heterocycles. The van der Waals surface area contributed by atoms with Crippen LogP contribution in [0.3, 0.4) is 0 Å². The highest BCUT2D eigenvalue weighted by Crippen LogP contribution is 1.61. The van der Waals surface area contributed by atoms with Crippen LogP contribution >= 0.6 is 12.2 Å². The standard InChI is InChI=1S/C3H6O.C3H6S/c2*1-3(2)4/h2*1-2H3. The van der Waals surface area contributed by atoms with Gasteiger partial charge in [0.05, 0.1) is 0 Å². The van der Waals surface area contributed by atoms with Crippen LogP contribution in [0.1, 0.15) is 27.7 Å². The van der Waals surface area contributed by atoms with Gasteiger partial charge in [0.15, 0.2) is 0 Å². The third kappa shape index (κ3) is 2270. The Morgan fingerprint density at radius 1 is 1.12 bits per heavy atom. The number of Topliss-reactive ketones (excluding diaryl/α,β-unsaturated/α-hetero) is 1. The first-order chi connectivity index (χ1) is 3.46. The molecule has 0 aliphatic heterocycles. The van der Waals surface area contributed by atoms with Crippen LogP contribution in [0.15, 0.2) is 0 Å². The second-order valence-electron chi connectivity index (χ2n) is 1.82. The van der Waals surface area contributed by atoms with Gasteiger partial charge in [-0.05, 0) is 32.6 Å². The number of rotatable bonds is 0. The fraction of sp³-hybridized carbons (Fsp3) is 0.667. The van der Waals surface area contributed by atoms with Crippen molar-refractivity contribution in [1.29, 1.82) is 0 Å². The molecular weight excluding hydrogens is 120 g/mol. The number of hydrogen-bond acceptors (Lipinski definition) is 2. The average molecular weight is 132 g/mol. The van der Waals surface area contributed by atoms with Crippen molar-refractivity contribution in [2.75, 3.05) is 0 Å². The molecule has 48 valence electrons. The number of ketones is 1. The molecule has 0 radical (unpaired) electrons. The van der Waals surface area contributed by atoms with Crippen LogP contribution in [0.4, 0.5) is 0 Å². The van der Waals surface area contributed by atoms with Crippen molar-refractivity contribution in [2.45, 2.75) is 27.7 Å². The van der Waals surface area contributed by atoms with Gasteiger partial charge in [-0.3, -0.25) is 0 Å². The second-order valence-corrected chi connectivity index (χ2v) is 2.63. The number of hydrogen-bond donors (Lipinski definition) is 0. The van der Waals surface area contributed by atoms with Crippen LogP contribution in [0, 0.1) is 0 Å². The van der Waals surface area contributed by atoms with Crippen molar-refractivity contribution >= 4 is 22.9 Å². The fourth-order valence-corrected chi connectivity index (χ4v) is 0. The maximum absolute atomic E-state index is 9.44. The van der Waals surface area contributed by atoms with Crippen LogP contribution in [0.25, 0.3) is 0 Å². The highest BCUT2D eigenvalue weighted by atomic mass is 32.1. The second kappa shape index (κ2) is 6.76. The third-order valence-corrected chi connectivity index (χ3v) is 0. The van der Waals surface area contributed by atoms with Gasteiger partial charge in [0, 0.05) is 0 Å². The topological polar surface area (TPSA) is 17.1 Å². The third-order valence-electron chi connectivity index (χ3n) is 0. The van der Waals surface area contributed by atoms with E-state index in [9.17, 15) is 4.79 Å². The van der Waals surface area contributed by atoms with Crippen molar-refractivity contribution in [3.8, 4) is 0 Å². The number of thiocarbonyl (C=S) groups is 1. The summed E-state index contributed by atoms with van der Waals surface area (Å²) in [5, 5.41) is 0. The van der Waals surface area contributed by atoms with Crippen molar-refractivity contribution in [3.63, 3.8) is 0 Å². The minimum absolute atomic E-state index is 0.167. The molecule has 0 N–H and O–H groups in total. The van der Waals surface area contributed by atoms with Gasteiger partial charge >= 0.3 is 0 Å². The summed E-state index contributed by atoms with van der Waals surface area (Å²) >= 11 is 4.54. The largest absolute Gasteiger partial charge is 0.300 e. The van der Waals surface area contributed by atoms with E-state index in [1.807, 2.05) is 13.8 Å². The average Bonchev–Trinajstić information content (AvgIpc) is 1.25. The van der Waals surface area contributed by atoms with Gasteiger partial charge < -0.3 is 4.79 Å². The summed E-state index contributed by atoms with van der Waals surface area (Å²) in [6, 6.07) is 0. The lowest BCUT2D eigenvalue weighted by Crippen LogP contribution is -1.69. The highest BCUT2D eigenvalue weighted by Gasteiger charge is 1.62. The summed E-state index contributed by atoms with van der Waals surface area (Å²) in [6.45, 7) is 6.85.